The van der Waals surface area contributed by atoms with Gasteiger partial charge in [0, 0.05) is 41.3 Å². The van der Waals surface area contributed by atoms with Gasteiger partial charge in [-0.1, -0.05) is 139 Å². The number of halogens is 1. The SMILES string of the molecule is C=CC1=C(C)c2cc3[n-]c(cc4nc(cc5[n-]c(cc1n2)c(C)c5CCC(=O)N=c1scc(-c2ccccc2)n1-c1ccc(C)cc1[N+](=O)[O-])C(CCC(=O)N=c1scc(-c2ccccc2)n1-c1ccc(C)cc1[N+](=O)[O-])=C4C)c(C)c3C=C.[Cl-].[Fe+3]. The van der Waals surface area contributed by atoms with Crippen LogP contribution in [0.5, 0.6) is 0 Å². The van der Waals surface area contributed by atoms with Gasteiger partial charge in [0.2, 0.25) is 11.8 Å². The molecule has 2 aliphatic rings. The predicted molar refractivity (Wildman–Crippen MR) is 333 cm³/mol. The van der Waals surface area contributed by atoms with Gasteiger partial charge in [-0.2, -0.15) is 9.98 Å². The number of carbonyl (C=O) groups excluding carboxylic acids is 2. The molecule has 7 heterocycles. The van der Waals surface area contributed by atoms with E-state index < -0.39 is 21.7 Å². The number of nitro groups is 2. The van der Waals surface area contributed by atoms with Crippen LogP contribution in [0.3, 0.4) is 0 Å². The molecular weight excluding hydrogens is 1180 g/mol. The first-order valence-corrected chi connectivity index (χ1v) is 28.7. The Balaban J connectivity index is 0.00000442. The average Bonchev–Trinajstić information content (AvgIpc) is 4.53. The number of amides is 2. The van der Waals surface area contributed by atoms with Crippen LogP contribution in [0, 0.1) is 47.9 Å². The molecule has 2 aliphatic heterocycles. The topological polar surface area (TPSA) is 209 Å². The summed E-state index contributed by atoms with van der Waals surface area (Å²) in [5.41, 5.74) is 16.3. The van der Waals surface area contributed by atoms with Gasteiger partial charge in [-0.25, -0.2) is 9.97 Å². The summed E-state index contributed by atoms with van der Waals surface area (Å²) in [5.74, 6) is -0.896. The maximum absolute atomic E-state index is 14.4. The molecule has 431 valence electrons. The number of hydrogen-bond acceptors (Lipinski definition) is 10. The molecule has 0 atom stereocenters. The smallest absolute Gasteiger partial charge is 1.00 e. The monoisotopic (exact) mass is 1240 g/mol. The van der Waals surface area contributed by atoms with Gasteiger partial charge in [-0.3, -0.25) is 39.0 Å². The fraction of sp³-hybridized carbons (Fsp3) is 0.152. The van der Waals surface area contributed by atoms with Crippen molar-refractivity contribution in [1.29, 1.82) is 0 Å². The third-order valence-electron chi connectivity index (χ3n) is 15.2. The largest absolute Gasteiger partial charge is 3.00 e. The number of aromatic nitrogens is 6. The fourth-order valence-corrected chi connectivity index (χ4v) is 12.6. The Labute approximate surface area is 519 Å². The summed E-state index contributed by atoms with van der Waals surface area (Å²) in [6, 6.07) is 36.6. The molecule has 16 nitrogen and oxygen atoms in total. The quantitative estimate of drug-likeness (QED) is 0.0571. The maximum Gasteiger partial charge on any atom is 3.00 e. The summed E-state index contributed by atoms with van der Waals surface area (Å²) in [4.78, 5) is 83.5. The zero-order valence-corrected chi connectivity index (χ0v) is 51.1. The molecule has 86 heavy (non-hydrogen) atoms. The first kappa shape index (κ1) is 61.3. The van der Waals surface area contributed by atoms with Crippen LogP contribution in [0.15, 0.2) is 161 Å². The average molecular weight is 1240 g/mol. The Morgan fingerprint density at radius 1 is 0.581 bits per heavy atom. The van der Waals surface area contributed by atoms with E-state index in [4.69, 9.17) is 19.9 Å². The van der Waals surface area contributed by atoms with Crippen LogP contribution < -0.4 is 32.0 Å². The number of nitro benzene ring substituents is 2. The summed E-state index contributed by atoms with van der Waals surface area (Å²) >= 11 is 2.43. The molecule has 0 unspecified atom stereocenters. The molecule has 1 radical (unpaired) electrons. The van der Waals surface area contributed by atoms with Crippen molar-refractivity contribution >= 4 is 96.3 Å². The number of benzene rings is 4. The number of nitrogens with zero attached hydrogens (tertiary/aromatic N) is 10. The van der Waals surface area contributed by atoms with E-state index in [9.17, 15) is 29.8 Å². The standard InChI is InChI=1S/C66H54N10O6S2.ClH.Fe/c1-9-45-39(5)49-31-50-41(7)47(23-27-63(77)71-65-73(57-25-21-37(3)29-59(57)75(79)80)61(35-83-65)43-17-13-11-14-18-43)55(69-50)34-56-48(42(8)52(70-56)33-54-46(10-2)40(6)51(68-54)32-53(45)67-49)24-28-64(78)72-66-74(58-26-22-38(4)30-60(58)76(81)82)62(36-84-66)44-19-15-12-16-20-44;;/h9-22,25-26,29-36H,1-2,23-24,27-28H2,3-8H3;1H;/q-2;;+3/p-1. The van der Waals surface area contributed by atoms with Gasteiger partial charge in [-0.05, 0) is 111 Å². The number of thiazole rings is 2. The Morgan fingerprint density at radius 3 is 1.57 bits per heavy atom. The zero-order chi connectivity index (χ0) is 59.1. The minimum absolute atomic E-state index is 0. The van der Waals surface area contributed by atoms with Gasteiger partial charge in [0.25, 0.3) is 11.4 Å². The molecule has 0 saturated heterocycles. The van der Waals surface area contributed by atoms with Crippen LogP contribution >= 0.6 is 22.7 Å². The van der Waals surface area contributed by atoms with Gasteiger partial charge in [-0.15, -0.1) is 44.7 Å². The van der Waals surface area contributed by atoms with E-state index in [1.165, 1.54) is 34.8 Å². The van der Waals surface area contributed by atoms with E-state index in [1.807, 2.05) is 123 Å². The van der Waals surface area contributed by atoms with Gasteiger partial charge >= 0.3 is 17.1 Å². The molecule has 0 aliphatic carbocycles. The molecule has 0 N–H and O–H groups in total. The number of fused-ring (bicyclic) bond motifs is 8. The molecule has 11 rings (SSSR count). The van der Waals surface area contributed by atoms with Crippen LogP contribution in [-0.2, 0) is 33.1 Å². The van der Waals surface area contributed by atoms with Crippen molar-refractivity contribution in [3.63, 3.8) is 0 Å². The Kier molecular flexibility index (Phi) is 18.2. The fourth-order valence-electron chi connectivity index (χ4n) is 10.7. The minimum Gasteiger partial charge on any atom is -1.00 e. The number of rotatable bonds is 14. The Morgan fingerprint density at radius 2 is 1.05 bits per heavy atom. The van der Waals surface area contributed by atoms with E-state index in [0.29, 0.717) is 67.4 Å². The van der Waals surface area contributed by atoms with Crippen molar-refractivity contribution < 1.29 is 48.9 Å². The van der Waals surface area contributed by atoms with E-state index in [2.05, 4.69) is 23.1 Å². The second-order valence-electron chi connectivity index (χ2n) is 20.5. The molecule has 0 saturated carbocycles. The van der Waals surface area contributed by atoms with Crippen LogP contribution in [0.1, 0.15) is 89.3 Å². The first-order valence-electron chi connectivity index (χ1n) is 27.0. The van der Waals surface area contributed by atoms with Crippen LogP contribution in [0.2, 0.25) is 0 Å². The second kappa shape index (κ2) is 25.5. The number of carbonyl (C=O) groups is 2. The third kappa shape index (κ3) is 11.9. The maximum atomic E-state index is 14.4. The van der Waals surface area contributed by atoms with Crippen molar-refractivity contribution in [1.82, 2.24) is 29.1 Å². The first-order chi connectivity index (χ1) is 40.5. The summed E-state index contributed by atoms with van der Waals surface area (Å²) in [6.07, 6.45) is 3.90. The summed E-state index contributed by atoms with van der Waals surface area (Å²) in [6.45, 7) is 19.8. The Hall–Kier alpha value is -9.23. The Bertz CT molecular complexity index is 4680. The summed E-state index contributed by atoms with van der Waals surface area (Å²) in [7, 11) is 0. The van der Waals surface area contributed by atoms with Crippen molar-refractivity contribution in [2.45, 2.75) is 67.2 Å². The van der Waals surface area contributed by atoms with E-state index in [0.717, 1.165) is 55.7 Å². The second-order valence-corrected chi connectivity index (χ2v) is 22.2. The van der Waals surface area contributed by atoms with Crippen molar-refractivity contribution in [3.8, 4) is 33.9 Å². The molecule has 0 fully saturated rings. The molecule has 4 aromatic carbocycles. The molecule has 20 heteroatoms. The van der Waals surface area contributed by atoms with Gasteiger partial charge in [0.15, 0.2) is 9.60 Å². The van der Waals surface area contributed by atoms with Crippen molar-refractivity contribution in [3.05, 3.63) is 237 Å². The molecule has 5 aromatic heterocycles. The summed E-state index contributed by atoms with van der Waals surface area (Å²) < 4.78 is 3.34. The third-order valence-corrected chi connectivity index (χ3v) is 16.8. The van der Waals surface area contributed by atoms with Crippen molar-refractivity contribution in [2.24, 2.45) is 9.98 Å². The van der Waals surface area contributed by atoms with Crippen molar-refractivity contribution in [2.75, 3.05) is 0 Å². The number of allylic oxidation sites excluding steroid dienone is 5. The predicted octanol–water partition coefficient (Wildman–Crippen LogP) is 11.3. The number of aryl methyl sites for hydroxylation is 5. The molecule has 9 aromatic rings. The van der Waals surface area contributed by atoms with E-state index in [-0.39, 0.29) is 87.5 Å². The van der Waals surface area contributed by atoms with Crippen LogP contribution in [0.25, 0.3) is 84.3 Å². The van der Waals surface area contributed by atoms with Gasteiger partial charge < -0.3 is 22.4 Å². The van der Waals surface area contributed by atoms with E-state index >= 15 is 0 Å². The summed E-state index contributed by atoms with van der Waals surface area (Å²) in [5, 5.41) is 28.7. The van der Waals surface area contributed by atoms with Gasteiger partial charge in [0.05, 0.1) is 44.0 Å². The molecular formula is C66H54ClFeN10O6S2. The normalized spacial score (nSPS) is 12.5. The van der Waals surface area contributed by atoms with Crippen LogP contribution in [-0.4, -0.2) is 40.8 Å². The minimum atomic E-state index is -0.449. The zero-order valence-electron chi connectivity index (χ0n) is 47.6. The number of hydrogen-bond donors (Lipinski definition) is 0. The van der Waals surface area contributed by atoms with Crippen LogP contribution in [0.4, 0.5) is 11.4 Å². The van der Waals surface area contributed by atoms with Gasteiger partial charge in [0.1, 0.15) is 11.4 Å². The molecule has 8 bridgehead atoms. The molecule has 2 amide bonds. The van der Waals surface area contributed by atoms with E-state index in [1.54, 1.807) is 59.4 Å². The molecule has 0 spiro atoms.